The van der Waals surface area contributed by atoms with Gasteiger partial charge in [-0.3, -0.25) is 4.79 Å². The molecule has 0 aliphatic heterocycles. The Labute approximate surface area is 86.4 Å². The van der Waals surface area contributed by atoms with E-state index in [1.165, 1.54) is 0 Å². The third-order valence-electron chi connectivity index (χ3n) is 1.79. The minimum Gasteiger partial charge on any atom is -0.372 e. The Morgan fingerprint density at radius 1 is 1.21 bits per heavy atom. The molecule has 4 nitrogen and oxygen atoms in total. The fourth-order valence-corrected chi connectivity index (χ4v) is 1.03. The van der Waals surface area contributed by atoms with E-state index in [2.05, 4.69) is 17.6 Å². The van der Waals surface area contributed by atoms with E-state index >= 15 is 0 Å². The first-order valence-electron chi connectivity index (χ1n) is 5.36. The number of ether oxygens (including phenoxy) is 1. The number of unbranched alkanes of at least 4 members (excludes halogenated alkanes) is 1. The normalized spacial score (nSPS) is 10.1. The lowest BCUT2D eigenvalue weighted by Crippen LogP contribution is -2.29. The highest BCUT2D eigenvalue weighted by Crippen LogP contribution is 1.84. The Morgan fingerprint density at radius 3 is 2.57 bits per heavy atom. The van der Waals surface area contributed by atoms with Gasteiger partial charge in [0.1, 0.15) is 6.61 Å². The lowest BCUT2D eigenvalue weighted by molar-refractivity contribution is -0.125. The highest BCUT2D eigenvalue weighted by molar-refractivity contribution is 5.77. The van der Waals surface area contributed by atoms with Gasteiger partial charge in [-0.25, -0.2) is 0 Å². The first-order valence-corrected chi connectivity index (χ1v) is 5.36. The highest BCUT2D eigenvalue weighted by atomic mass is 16.5. The maximum absolute atomic E-state index is 11.0. The van der Waals surface area contributed by atoms with E-state index in [9.17, 15) is 4.79 Å². The van der Waals surface area contributed by atoms with Crippen LogP contribution in [0.15, 0.2) is 0 Å². The molecule has 0 atom stereocenters. The van der Waals surface area contributed by atoms with Crippen LogP contribution in [0.4, 0.5) is 0 Å². The smallest absolute Gasteiger partial charge is 0.245 e. The average Bonchev–Trinajstić information content (AvgIpc) is 2.20. The standard InChI is InChI=1S/C10H22N2O2/c1-3-11-7-5-6-8-12-10(13)9-14-4-2/h11H,3-9H2,1-2H3,(H,12,13). The summed E-state index contributed by atoms with van der Waals surface area (Å²) in [6.45, 7) is 7.52. The van der Waals surface area contributed by atoms with Crippen LogP contribution in [0.25, 0.3) is 0 Å². The molecule has 0 saturated carbocycles. The highest BCUT2D eigenvalue weighted by Gasteiger charge is 1.98. The molecule has 4 heteroatoms. The molecule has 1 amide bonds. The van der Waals surface area contributed by atoms with Crippen molar-refractivity contribution in [3.63, 3.8) is 0 Å². The predicted octanol–water partition coefficient (Wildman–Crippen LogP) is 0.529. The van der Waals surface area contributed by atoms with Crippen LogP contribution < -0.4 is 10.6 Å². The second kappa shape index (κ2) is 10.5. The molecule has 84 valence electrons. The lowest BCUT2D eigenvalue weighted by atomic mass is 10.3. The summed E-state index contributed by atoms with van der Waals surface area (Å²) < 4.78 is 4.97. The zero-order valence-corrected chi connectivity index (χ0v) is 9.27. The van der Waals surface area contributed by atoms with Gasteiger partial charge >= 0.3 is 0 Å². The van der Waals surface area contributed by atoms with Gasteiger partial charge in [-0.1, -0.05) is 6.92 Å². The molecule has 0 unspecified atom stereocenters. The maximum Gasteiger partial charge on any atom is 0.245 e. The van der Waals surface area contributed by atoms with Crippen molar-refractivity contribution >= 4 is 5.91 Å². The number of rotatable bonds is 9. The van der Waals surface area contributed by atoms with Crippen LogP contribution in [0.5, 0.6) is 0 Å². The summed E-state index contributed by atoms with van der Waals surface area (Å²) >= 11 is 0. The maximum atomic E-state index is 11.0. The monoisotopic (exact) mass is 202 g/mol. The molecular formula is C10H22N2O2. The summed E-state index contributed by atoms with van der Waals surface area (Å²) in [6, 6.07) is 0. The molecule has 0 aromatic rings. The third kappa shape index (κ3) is 9.48. The van der Waals surface area contributed by atoms with E-state index in [1.807, 2.05) is 6.92 Å². The molecular weight excluding hydrogens is 180 g/mol. The number of amides is 1. The zero-order chi connectivity index (χ0) is 10.6. The Balaban J connectivity index is 3.07. The minimum atomic E-state index is -0.0182. The minimum absolute atomic E-state index is 0.0182. The lowest BCUT2D eigenvalue weighted by Gasteiger charge is -2.05. The Bertz CT molecular complexity index is 140. The first-order chi connectivity index (χ1) is 6.81. The summed E-state index contributed by atoms with van der Waals surface area (Å²) in [7, 11) is 0. The van der Waals surface area contributed by atoms with Crippen LogP contribution in [0, 0.1) is 0 Å². The van der Waals surface area contributed by atoms with Crippen molar-refractivity contribution in [3.05, 3.63) is 0 Å². The molecule has 0 aliphatic rings. The summed E-state index contributed by atoms with van der Waals surface area (Å²) in [5.74, 6) is -0.0182. The van der Waals surface area contributed by atoms with Crippen molar-refractivity contribution < 1.29 is 9.53 Å². The largest absolute Gasteiger partial charge is 0.372 e. The van der Waals surface area contributed by atoms with Crippen LogP contribution in [-0.4, -0.2) is 38.8 Å². The molecule has 0 spiro atoms. The van der Waals surface area contributed by atoms with Gasteiger partial charge < -0.3 is 15.4 Å². The Morgan fingerprint density at radius 2 is 1.93 bits per heavy atom. The molecule has 0 fully saturated rings. The summed E-state index contributed by atoms with van der Waals surface area (Å²) in [6.07, 6.45) is 2.12. The molecule has 0 aliphatic carbocycles. The van der Waals surface area contributed by atoms with Crippen LogP contribution >= 0.6 is 0 Å². The van der Waals surface area contributed by atoms with Gasteiger partial charge in [0.05, 0.1) is 0 Å². The Hall–Kier alpha value is -0.610. The third-order valence-corrected chi connectivity index (χ3v) is 1.79. The van der Waals surface area contributed by atoms with Gasteiger partial charge in [-0.15, -0.1) is 0 Å². The summed E-state index contributed by atoms with van der Waals surface area (Å²) in [5.41, 5.74) is 0. The fraction of sp³-hybridized carbons (Fsp3) is 0.900. The van der Waals surface area contributed by atoms with Crippen LogP contribution in [-0.2, 0) is 9.53 Å². The molecule has 0 rings (SSSR count). The zero-order valence-electron chi connectivity index (χ0n) is 9.27. The van der Waals surface area contributed by atoms with Crippen molar-refractivity contribution in [2.24, 2.45) is 0 Å². The van der Waals surface area contributed by atoms with E-state index in [0.29, 0.717) is 6.61 Å². The molecule has 0 bridgehead atoms. The molecule has 0 aromatic heterocycles. The van der Waals surface area contributed by atoms with E-state index in [4.69, 9.17) is 4.74 Å². The topological polar surface area (TPSA) is 50.4 Å². The quantitative estimate of drug-likeness (QED) is 0.536. The molecule has 14 heavy (non-hydrogen) atoms. The number of carbonyl (C=O) groups excluding carboxylic acids is 1. The summed E-state index contributed by atoms with van der Waals surface area (Å²) in [5, 5.41) is 6.04. The van der Waals surface area contributed by atoms with E-state index in [-0.39, 0.29) is 12.5 Å². The molecule has 2 N–H and O–H groups in total. The van der Waals surface area contributed by atoms with Gasteiger partial charge in [0.2, 0.25) is 5.91 Å². The second-order valence-corrected chi connectivity index (χ2v) is 3.05. The van der Waals surface area contributed by atoms with Crippen LogP contribution in [0.2, 0.25) is 0 Å². The van der Waals surface area contributed by atoms with Crippen molar-refractivity contribution in [2.75, 3.05) is 32.8 Å². The van der Waals surface area contributed by atoms with Gasteiger partial charge in [0, 0.05) is 13.2 Å². The number of hydrogen-bond acceptors (Lipinski definition) is 3. The summed E-state index contributed by atoms with van der Waals surface area (Å²) in [4.78, 5) is 11.0. The number of hydrogen-bond donors (Lipinski definition) is 2. The van der Waals surface area contributed by atoms with Crippen molar-refractivity contribution in [3.8, 4) is 0 Å². The van der Waals surface area contributed by atoms with Crippen LogP contribution in [0.1, 0.15) is 26.7 Å². The van der Waals surface area contributed by atoms with E-state index in [1.54, 1.807) is 0 Å². The van der Waals surface area contributed by atoms with Crippen molar-refractivity contribution in [1.82, 2.24) is 10.6 Å². The van der Waals surface area contributed by atoms with Gasteiger partial charge in [-0.05, 0) is 32.9 Å². The molecule has 0 saturated heterocycles. The Kier molecular flexibility index (Phi) is 10.0. The molecule has 0 aromatic carbocycles. The fourth-order valence-electron chi connectivity index (χ4n) is 1.03. The average molecular weight is 202 g/mol. The second-order valence-electron chi connectivity index (χ2n) is 3.05. The predicted molar refractivity (Wildman–Crippen MR) is 57.3 cm³/mol. The van der Waals surface area contributed by atoms with Crippen molar-refractivity contribution in [2.45, 2.75) is 26.7 Å². The first kappa shape index (κ1) is 13.4. The SMILES string of the molecule is CCNCCCCNC(=O)COCC. The van der Waals surface area contributed by atoms with Gasteiger partial charge in [0.25, 0.3) is 0 Å². The van der Waals surface area contributed by atoms with Gasteiger partial charge in [-0.2, -0.15) is 0 Å². The van der Waals surface area contributed by atoms with Crippen molar-refractivity contribution in [1.29, 1.82) is 0 Å². The van der Waals surface area contributed by atoms with E-state index in [0.717, 1.165) is 32.5 Å². The van der Waals surface area contributed by atoms with Gasteiger partial charge in [0.15, 0.2) is 0 Å². The molecule has 0 radical (unpaired) electrons. The van der Waals surface area contributed by atoms with E-state index < -0.39 is 0 Å². The van der Waals surface area contributed by atoms with Crippen LogP contribution in [0.3, 0.4) is 0 Å². The number of carbonyl (C=O) groups is 1. The molecule has 0 heterocycles. The number of nitrogens with one attached hydrogen (secondary N) is 2.